The Morgan fingerprint density at radius 2 is 1.13 bits per heavy atom. The summed E-state index contributed by atoms with van der Waals surface area (Å²) in [5.74, 6) is -9.69. The number of carboxylic acid groups (broad SMARTS) is 2. The Balaban J connectivity index is 3.29. The smallest absolute Gasteiger partial charge is 0.328 e. The van der Waals surface area contributed by atoms with Gasteiger partial charge >= 0.3 is 11.9 Å². The Bertz CT molecular complexity index is 1690. The molecule has 0 radical (unpaired) electrons. The highest BCUT2D eigenvalue weighted by Gasteiger charge is 2.35. The zero-order chi connectivity index (χ0) is 46.6. The third-order valence-corrected chi connectivity index (χ3v) is 8.85. The summed E-state index contributed by atoms with van der Waals surface area (Å²) in [5.41, 5.74) is 17.4. The average molecular weight is 869 g/mol. The minimum atomic E-state index is -1.81. The number of aliphatic carboxylic acids is 2. The van der Waals surface area contributed by atoms with Crippen LogP contribution < -0.4 is 49.1 Å². The van der Waals surface area contributed by atoms with E-state index in [9.17, 15) is 69.0 Å². The standard InChI is InChI=1S/C37H60N10O14/c1-17(2)14-25(33(57)43-24(11-12-27(52)53)32(56)47-29(19(4)50)36(60)61)44-31(55)23(6-5-13-41-37(39)40)42-34(58)26(16-48)45-35(59)28(18(3)49)46-30(54)22(38)15-20-7-9-21(51)10-8-20/h7-10,17-19,22-26,28-29,48-51H,5-6,11-16,38H2,1-4H3,(H,42,58)(H,43,57)(H,44,55)(H,45,59)(H,46,54)(H,47,56)(H,52,53)(H,60,61)(H4,39,40,41)/t18-,19-,22+,23+,24+,25+,26+,28+,29+/m1/s1. The largest absolute Gasteiger partial charge is 0.508 e. The van der Waals surface area contributed by atoms with Gasteiger partial charge in [-0.1, -0.05) is 26.0 Å². The number of carbonyl (C=O) groups is 8. The first-order chi connectivity index (χ1) is 28.5. The number of amides is 6. The van der Waals surface area contributed by atoms with Crippen molar-refractivity contribution < 1.29 is 69.0 Å². The van der Waals surface area contributed by atoms with E-state index in [1.165, 1.54) is 31.2 Å². The highest BCUT2D eigenvalue weighted by molar-refractivity contribution is 5.97. The molecule has 24 heteroatoms. The van der Waals surface area contributed by atoms with E-state index in [-0.39, 0.29) is 49.9 Å². The van der Waals surface area contributed by atoms with Crippen LogP contribution in [0, 0.1) is 5.92 Å². The summed E-state index contributed by atoms with van der Waals surface area (Å²) in [5, 5.41) is 72.1. The van der Waals surface area contributed by atoms with Crippen LogP contribution in [0.4, 0.5) is 0 Å². The zero-order valence-corrected chi connectivity index (χ0v) is 34.4. The van der Waals surface area contributed by atoms with E-state index in [1.807, 2.05) is 0 Å². The van der Waals surface area contributed by atoms with Gasteiger partial charge in [0.05, 0.1) is 24.9 Å². The van der Waals surface area contributed by atoms with Crippen LogP contribution in [0.5, 0.6) is 5.75 Å². The monoisotopic (exact) mass is 868 g/mol. The van der Waals surface area contributed by atoms with Crippen LogP contribution in [0.2, 0.25) is 0 Å². The molecule has 0 heterocycles. The van der Waals surface area contributed by atoms with E-state index in [2.05, 4.69) is 36.9 Å². The number of nitrogens with one attached hydrogen (secondary N) is 6. The second-order valence-electron chi connectivity index (χ2n) is 14.7. The Kier molecular flexibility index (Phi) is 22.7. The fraction of sp³-hybridized carbons (Fsp3) is 0.595. The number of hydrogen-bond donors (Lipinski definition) is 15. The molecule has 18 N–H and O–H groups in total. The zero-order valence-electron chi connectivity index (χ0n) is 34.4. The number of nitrogens with two attached hydrogens (primary N) is 3. The Morgan fingerprint density at radius 1 is 0.656 bits per heavy atom. The molecule has 0 bridgehead atoms. The molecule has 0 saturated heterocycles. The average Bonchev–Trinajstić information content (AvgIpc) is 3.16. The van der Waals surface area contributed by atoms with Gasteiger partial charge in [0.2, 0.25) is 35.4 Å². The van der Waals surface area contributed by atoms with Gasteiger partial charge in [-0.25, -0.2) is 4.79 Å². The molecule has 342 valence electrons. The summed E-state index contributed by atoms with van der Waals surface area (Å²) < 4.78 is 0. The number of carboxylic acids is 2. The first kappa shape index (κ1) is 52.9. The van der Waals surface area contributed by atoms with Crippen LogP contribution >= 0.6 is 0 Å². The van der Waals surface area contributed by atoms with Gasteiger partial charge in [0, 0.05) is 13.0 Å². The molecular weight excluding hydrogens is 808 g/mol. The summed E-state index contributed by atoms with van der Waals surface area (Å²) >= 11 is 0. The quantitative estimate of drug-likeness (QED) is 0.0224. The van der Waals surface area contributed by atoms with Crippen molar-refractivity contribution in [2.45, 2.75) is 121 Å². The van der Waals surface area contributed by atoms with Crippen LogP contribution in [0.3, 0.4) is 0 Å². The molecule has 0 fully saturated rings. The Hall–Kier alpha value is -6.11. The van der Waals surface area contributed by atoms with E-state index < -0.39 is 121 Å². The summed E-state index contributed by atoms with van der Waals surface area (Å²) in [4.78, 5) is 107. The maximum absolute atomic E-state index is 13.8. The van der Waals surface area contributed by atoms with Gasteiger partial charge in [-0.3, -0.25) is 38.6 Å². The number of aliphatic hydroxyl groups excluding tert-OH is 3. The summed E-state index contributed by atoms with van der Waals surface area (Å²) in [6.45, 7) is 4.60. The number of carbonyl (C=O) groups excluding carboxylic acids is 6. The van der Waals surface area contributed by atoms with E-state index in [0.29, 0.717) is 5.56 Å². The molecule has 6 amide bonds. The summed E-state index contributed by atoms with van der Waals surface area (Å²) in [6.07, 6.45) is -4.44. The van der Waals surface area contributed by atoms with E-state index in [1.54, 1.807) is 13.8 Å². The predicted molar refractivity (Wildman–Crippen MR) is 216 cm³/mol. The van der Waals surface area contributed by atoms with E-state index in [4.69, 9.17) is 17.2 Å². The minimum absolute atomic E-state index is 0.00787. The third kappa shape index (κ3) is 19.7. The molecule has 0 aromatic heterocycles. The first-order valence-electron chi connectivity index (χ1n) is 19.3. The fourth-order valence-electron chi connectivity index (χ4n) is 5.57. The van der Waals surface area contributed by atoms with Gasteiger partial charge < -0.3 is 79.7 Å². The van der Waals surface area contributed by atoms with Crippen molar-refractivity contribution >= 4 is 53.3 Å². The lowest BCUT2D eigenvalue weighted by atomic mass is 10.0. The van der Waals surface area contributed by atoms with E-state index in [0.717, 1.165) is 6.92 Å². The summed E-state index contributed by atoms with van der Waals surface area (Å²) in [6, 6.07) is -5.17. The van der Waals surface area contributed by atoms with Crippen molar-refractivity contribution in [2.75, 3.05) is 13.2 Å². The third-order valence-electron chi connectivity index (χ3n) is 8.85. The summed E-state index contributed by atoms with van der Waals surface area (Å²) in [7, 11) is 0. The number of aromatic hydroxyl groups is 1. The van der Waals surface area contributed by atoms with Crippen molar-refractivity contribution in [3.8, 4) is 5.75 Å². The lowest BCUT2D eigenvalue weighted by Crippen LogP contribution is -2.61. The minimum Gasteiger partial charge on any atom is -0.508 e. The molecular formula is C37H60N10O14. The maximum Gasteiger partial charge on any atom is 0.328 e. The highest BCUT2D eigenvalue weighted by Crippen LogP contribution is 2.12. The number of guanidine groups is 1. The SMILES string of the molecule is CC(C)C[C@H](NC(=O)[C@H](CCCN=C(N)N)NC(=O)[C@H](CO)NC(=O)[C@@H](NC(=O)[C@@H](N)Cc1ccc(O)cc1)[C@@H](C)O)C(=O)N[C@@H](CCC(=O)O)C(=O)N[C@H](C(=O)O)[C@@H](C)O. The van der Waals surface area contributed by atoms with Gasteiger partial charge in [-0.05, 0) is 69.6 Å². The molecule has 0 saturated carbocycles. The normalized spacial score (nSPS) is 15.5. The second-order valence-corrected chi connectivity index (χ2v) is 14.7. The molecule has 61 heavy (non-hydrogen) atoms. The number of phenols is 1. The van der Waals surface area contributed by atoms with Crippen molar-refractivity contribution in [1.29, 1.82) is 0 Å². The molecule has 0 aliphatic carbocycles. The van der Waals surface area contributed by atoms with Crippen LogP contribution in [-0.4, -0.2) is 152 Å². The molecule has 9 atom stereocenters. The molecule has 0 unspecified atom stereocenters. The van der Waals surface area contributed by atoms with E-state index >= 15 is 0 Å². The number of nitrogens with zero attached hydrogens (tertiary/aromatic N) is 1. The van der Waals surface area contributed by atoms with Crippen molar-refractivity contribution in [1.82, 2.24) is 31.9 Å². The van der Waals surface area contributed by atoms with Crippen LogP contribution in [-0.2, 0) is 44.8 Å². The van der Waals surface area contributed by atoms with Crippen molar-refractivity contribution in [2.24, 2.45) is 28.1 Å². The topological polar surface area (TPSA) is 421 Å². The van der Waals surface area contributed by atoms with Gasteiger partial charge in [0.25, 0.3) is 0 Å². The maximum atomic E-state index is 13.8. The van der Waals surface area contributed by atoms with Gasteiger partial charge in [0.1, 0.15) is 36.0 Å². The molecule has 1 aromatic carbocycles. The number of aliphatic hydroxyl groups is 3. The number of benzene rings is 1. The van der Waals surface area contributed by atoms with Crippen molar-refractivity contribution in [3.05, 3.63) is 29.8 Å². The number of phenolic OH excluding ortho intramolecular Hbond substituents is 1. The van der Waals surface area contributed by atoms with Crippen molar-refractivity contribution in [3.63, 3.8) is 0 Å². The van der Waals surface area contributed by atoms with Crippen LogP contribution in [0.1, 0.15) is 65.4 Å². The molecule has 24 nitrogen and oxygen atoms in total. The molecule has 1 rings (SSSR count). The molecule has 1 aromatic rings. The van der Waals surface area contributed by atoms with Crippen LogP contribution in [0.15, 0.2) is 29.3 Å². The molecule has 0 aliphatic rings. The van der Waals surface area contributed by atoms with Gasteiger partial charge in [0.15, 0.2) is 12.0 Å². The lowest BCUT2D eigenvalue weighted by molar-refractivity contribution is -0.145. The number of hydrogen-bond acceptors (Lipinski definition) is 14. The lowest BCUT2D eigenvalue weighted by Gasteiger charge is -2.28. The fourth-order valence-corrected chi connectivity index (χ4v) is 5.57. The van der Waals surface area contributed by atoms with Gasteiger partial charge in [-0.15, -0.1) is 0 Å². The highest BCUT2D eigenvalue weighted by atomic mass is 16.4. The molecule has 0 spiro atoms. The second kappa shape index (κ2) is 26.2. The molecule has 0 aliphatic heterocycles. The van der Waals surface area contributed by atoms with Crippen LogP contribution in [0.25, 0.3) is 0 Å². The Morgan fingerprint density at radius 3 is 1.62 bits per heavy atom. The van der Waals surface area contributed by atoms with Gasteiger partial charge in [-0.2, -0.15) is 0 Å². The predicted octanol–water partition coefficient (Wildman–Crippen LogP) is -5.03. The first-order valence-corrected chi connectivity index (χ1v) is 19.3. The number of rotatable bonds is 27. The Labute approximate surface area is 351 Å². The number of aliphatic imine (C=N–C) groups is 1.